The van der Waals surface area contributed by atoms with E-state index in [1.54, 1.807) is 29.2 Å². The number of ether oxygens (including phenoxy) is 1. The first-order valence-electron chi connectivity index (χ1n) is 12.0. The van der Waals surface area contributed by atoms with Crippen LogP contribution in [0.25, 0.3) is 0 Å². The van der Waals surface area contributed by atoms with Crippen molar-refractivity contribution in [2.24, 2.45) is 5.92 Å². The van der Waals surface area contributed by atoms with Gasteiger partial charge in [-0.1, -0.05) is 49.6 Å². The topological polar surface area (TPSA) is 66.9 Å². The van der Waals surface area contributed by atoms with Gasteiger partial charge in [0.1, 0.15) is 11.8 Å². The Morgan fingerprint density at radius 1 is 1.03 bits per heavy atom. The Bertz CT molecular complexity index is 983. The molecular formula is C27H32N2O4. The van der Waals surface area contributed by atoms with Gasteiger partial charge in [0.05, 0.1) is 24.8 Å². The van der Waals surface area contributed by atoms with Crippen molar-refractivity contribution < 1.29 is 19.1 Å². The highest BCUT2D eigenvalue weighted by Gasteiger charge is 2.47. The Hall–Kier alpha value is -3.15. The molecule has 0 radical (unpaired) electrons. The summed E-state index contributed by atoms with van der Waals surface area (Å²) >= 11 is 0. The van der Waals surface area contributed by atoms with Gasteiger partial charge in [0.25, 0.3) is 5.91 Å². The van der Waals surface area contributed by atoms with E-state index in [2.05, 4.69) is 0 Å². The van der Waals surface area contributed by atoms with E-state index in [-0.39, 0.29) is 36.1 Å². The van der Waals surface area contributed by atoms with E-state index >= 15 is 0 Å². The molecule has 3 amide bonds. The van der Waals surface area contributed by atoms with Gasteiger partial charge >= 0.3 is 0 Å². The van der Waals surface area contributed by atoms with Gasteiger partial charge in [0.2, 0.25) is 11.8 Å². The lowest BCUT2D eigenvalue weighted by Crippen LogP contribution is -2.49. The SMILES string of the molecule is CCOc1ccc(N2C(=O)CC(N(C(=O)C3CCCCC3)C(C)c3ccccc3)C2=O)cc1. The maximum Gasteiger partial charge on any atom is 0.257 e. The molecule has 6 heteroatoms. The predicted octanol–water partition coefficient (Wildman–Crippen LogP) is 4.89. The van der Waals surface area contributed by atoms with Crippen LogP contribution in [0.1, 0.15) is 64.0 Å². The molecule has 2 unspecified atom stereocenters. The van der Waals surface area contributed by atoms with Crippen molar-refractivity contribution in [2.75, 3.05) is 11.5 Å². The van der Waals surface area contributed by atoms with Gasteiger partial charge in [0.15, 0.2) is 0 Å². The number of nitrogens with zero attached hydrogens (tertiary/aromatic N) is 2. The molecule has 0 N–H and O–H groups in total. The van der Waals surface area contributed by atoms with Crippen LogP contribution in [0.4, 0.5) is 5.69 Å². The Morgan fingerprint density at radius 2 is 1.70 bits per heavy atom. The lowest BCUT2D eigenvalue weighted by molar-refractivity contribution is -0.145. The van der Waals surface area contributed by atoms with Crippen molar-refractivity contribution in [2.45, 2.75) is 64.5 Å². The summed E-state index contributed by atoms with van der Waals surface area (Å²) in [5.41, 5.74) is 1.47. The zero-order valence-electron chi connectivity index (χ0n) is 19.4. The fourth-order valence-electron chi connectivity index (χ4n) is 5.03. The molecule has 1 saturated carbocycles. The van der Waals surface area contributed by atoms with Crippen molar-refractivity contribution in [3.05, 3.63) is 60.2 Å². The normalized spacial score (nSPS) is 20.1. The minimum atomic E-state index is -0.797. The Kier molecular flexibility index (Phi) is 7.11. The average molecular weight is 449 g/mol. The standard InChI is InChI=1S/C27H32N2O4/c1-3-33-23-16-14-22(15-17-23)29-25(30)18-24(27(29)32)28(19(2)20-10-6-4-7-11-20)26(31)21-12-8-5-9-13-21/h4,6-7,10-11,14-17,19,21,24H,3,5,8-9,12-13,18H2,1-2H3. The summed E-state index contributed by atoms with van der Waals surface area (Å²) in [6.07, 6.45) is 4.88. The molecule has 0 spiro atoms. The van der Waals surface area contributed by atoms with Crippen LogP contribution in [-0.2, 0) is 14.4 Å². The second-order valence-electron chi connectivity index (χ2n) is 8.88. The van der Waals surface area contributed by atoms with Gasteiger partial charge in [-0.25, -0.2) is 4.90 Å². The lowest BCUT2D eigenvalue weighted by Gasteiger charge is -2.37. The fraction of sp³-hybridized carbons (Fsp3) is 0.444. The minimum absolute atomic E-state index is 0.00167. The molecule has 1 aliphatic heterocycles. The van der Waals surface area contributed by atoms with Gasteiger partial charge in [0, 0.05) is 5.92 Å². The minimum Gasteiger partial charge on any atom is -0.494 e. The molecule has 0 aromatic heterocycles. The summed E-state index contributed by atoms with van der Waals surface area (Å²) in [5, 5.41) is 0. The van der Waals surface area contributed by atoms with Crippen molar-refractivity contribution in [1.82, 2.24) is 4.90 Å². The maximum atomic E-state index is 13.7. The van der Waals surface area contributed by atoms with E-state index in [9.17, 15) is 14.4 Å². The summed E-state index contributed by atoms with van der Waals surface area (Å²) in [6, 6.07) is 15.6. The molecule has 6 nitrogen and oxygen atoms in total. The predicted molar refractivity (Wildman–Crippen MR) is 127 cm³/mol. The van der Waals surface area contributed by atoms with Crippen molar-refractivity contribution >= 4 is 23.4 Å². The molecule has 2 atom stereocenters. The number of imide groups is 1. The Balaban J connectivity index is 1.64. The number of amides is 3. The van der Waals surface area contributed by atoms with Crippen LogP contribution < -0.4 is 9.64 Å². The quantitative estimate of drug-likeness (QED) is 0.566. The van der Waals surface area contributed by atoms with Gasteiger partial charge < -0.3 is 9.64 Å². The molecule has 1 aliphatic carbocycles. The molecule has 2 aromatic rings. The van der Waals surface area contributed by atoms with Crippen molar-refractivity contribution in [1.29, 1.82) is 0 Å². The highest BCUT2D eigenvalue weighted by Crippen LogP contribution is 2.35. The molecule has 1 heterocycles. The van der Waals surface area contributed by atoms with Crippen LogP contribution >= 0.6 is 0 Å². The summed E-state index contributed by atoms with van der Waals surface area (Å²) < 4.78 is 5.47. The second-order valence-corrected chi connectivity index (χ2v) is 8.88. The first-order valence-corrected chi connectivity index (χ1v) is 12.0. The largest absolute Gasteiger partial charge is 0.494 e. The zero-order valence-corrected chi connectivity index (χ0v) is 19.4. The molecule has 2 aliphatic rings. The van der Waals surface area contributed by atoms with Crippen molar-refractivity contribution in [3.63, 3.8) is 0 Å². The molecule has 1 saturated heterocycles. The van der Waals surface area contributed by atoms with E-state index in [0.717, 1.165) is 37.7 Å². The molecule has 174 valence electrons. The number of anilines is 1. The molecule has 2 aromatic carbocycles. The number of carbonyl (C=O) groups is 3. The number of hydrogen-bond donors (Lipinski definition) is 0. The van der Waals surface area contributed by atoms with Crippen LogP contribution in [0.5, 0.6) is 5.75 Å². The molecule has 4 rings (SSSR count). The van der Waals surface area contributed by atoms with E-state index in [1.807, 2.05) is 44.2 Å². The maximum absolute atomic E-state index is 13.7. The monoisotopic (exact) mass is 448 g/mol. The number of rotatable bonds is 7. The van der Waals surface area contributed by atoms with E-state index in [0.29, 0.717) is 18.0 Å². The molecule has 2 fully saturated rings. The summed E-state index contributed by atoms with van der Waals surface area (Å²) in [4.78, 5) is 43.2. The highest BCUT2D eigenvalue weighted by atomic mass is 16.5. The fourth-order valence-corrected chi connectivity index (χ4v) is 5.03. The smallest absolute Gasteiger partial charge is 0.257 e. The van der Waals surface area contributed by atoms with Gasteiger partial charge in [-0.2, -0.15) is 0 Å². The van der Waals surface area contributed by atoms with Gasteiger partial charge in [-0.05, 0) is 56.5 Å². The summed E-state index contributed by atoms with van der Waals surface area (Å²) in [7, 11) is 0. The molecule has 33 heavy (non-hydrogen) atoms. The van der Waals surface area contributed by atoms with Crippen LogP contribution in [0, 0.1) is 5.92 Å². The third-order valence-electron chi connectivity index (χ3n) is 6.77. The van der Waals surface area contributed by atoms with Crippen LogP contribution in [-0.4, -0.2) is 35.3 Å². The Labute approximate surface area is 195 Å². The Morgan fingerprint density at radius 3 is 2.33 bits per heavy atom. The number of hydrogen-bond acceptors (Lipinski definition) is 4. The van der Waals surface area contributed by atoms with E-state index in [4.69, 9.17) is 4.74 Å². The number of carbonyl (C=O) groups excluding carboxylic acids is 3. The van der Waals surface area contributed by atoms with E-state index < -0.39 is 6.04 Å². The van der Waals surface area contributed by atoms with Gasteiger partial charge in [-0.3, -0.25) is 14.4 Å². The zero-order chi connectivity index (χ0) is 23.4. The molecule has 0 bridgehead atoms. The lowest BCUT2D eigenvalue weighted by atomic mass is 9.87. The second kappa shape index (κ2) is 10.2. The first kappa shape index (κ1) is 23.0. The van der Waals surface area contributed by atoms with E-state index in [1.165, 1.54) is 4.90 Å². The van der Waals surface area contributed by atoms with Gasteiger partial charge in [-0.15, -0.1) is 0 Å². The van der Waals surface area contributed by atoms with Crippen LogP contribution in [0.15, 0.2) is 54.6 Å². The summed E-state index contributed by atoms with van der Waals surface area (Å²) in [5.74, 6) is -0.0336. The summed E-state index contributed by atoms with van der Waals surface area (Å²) in [6.45, 7) is 4.39. The highest BCUT2D eigenvalue weighted by molar-refractivity contribution is 6.23. The number of benzene rings is 2. The first-order chi connectivity index (χ1) is 16.0. The molecular weight excluding hydrogens is 416 g/mol. The van der Waals surface area contributed by atoms with Crippen molar-refractivity contribution in [3.8, 4) is 5.75 Å². The average Bonchev–Trinajstić information content (AvgIpc) is 3.14. The third kappa shape index (κ3) is 4.80. The third-order valence-corrected chi connectivity index (χ3v) is 6.77. The van der Waals surface area contributed by atoms with Crippen LogP contribution in [0.2, 0.25) is 0 Å². The van der Waals surface area contributed by atoms with Crippen LogP contribution in [0.3, 0.4) is 0 Å².